The van der Waals surface area contributed by atoms with E-state index in [0.717, 1.165) is 26.1 Å². The van der Waals surface area contributed by atoms with Crippen LogP contribution in [0.15, 0.2) is 24.3 Å². The lowest BCUT2D eigenvalue weighted by Crippen LogP contribution is -2.52. The van der Waals surface area contributed by atoms with Crippen LogP contribution in [0.4, 0.5) is 0 Å². The van der Waals surface area contributed by atoms with Gasteiger partial charge in [-0.2, -0.15) is 0 Å². The quantitative estimate of drug-likeness (QED) is 0.928. The van der Waals surface area contributed by atoms with Crippen molar-refractivity contribution in [2.24, 2.45) is 11.3 Å². The maximum absolute atomic E-state index is 12.2. The molecule has 1 aliphatic rings. The number of carbonyl (C=O) groups excluding carboxylic acids is 1. The summed E-state index contributed by atoms with van der Waals surface area (Å²) in [5, 5.41) is 3.24. The standard InChI is InChI=1S/C19H30N2O/c1-14-10-17(20-18(22)19(3,4)5)13-21(11-14)12-16-9-7-6-8-15(16)2/h6-9,14,17H,10-13H2,1-5H3,(H,20,22). The average molecular weight is 302 g/mol. The predicted octanol–water partition coefficient (Wildman–Crippen LogP) is 3.37. The van der Waals surface area contributed by atoms with Crippen LogP contribution in [-0.4, -0.2) is 29.9 Å². The van der Waals surface area contributed by atoms with Crippen molar-refractivity contribution in [2.75, 3.05) is 13.1 Å². The van der Waals surface area contributed by atoms with Crippen LogP contribution < -0.4 is 5.32 Å². The van der Waals surface area contributed by atoms with Gasteiger partial charge in [-0.25, -0.2) is 0 Å². The van der Waals surface area contributed by atoms with Crippen LogP contribution in [0.2, 0.25) is 0 Å². The second-order valence-corrected chi connectivity index (χ2v) is 7.88. The van der Waals surface area contributed by atoms with Gasteiger partial charge in [-0.1, -0.05) is 52.0 Å². The van der Waals surface area contributed by atoms with Crippen LogP contribution in [0.5, 0.6) is 0 Å². The Morgan fingerprint density at radius 2 is 1.95 bits per heavy atom. The lowest BCUT2D eigenvalue weighted by Gasteiger charge is -2.38. The summed E-state index contributed by atoms with van der Waals surface area (Å²) in [5.41, 5.74) is 2.41. The van der Waals surface area contributed by atoms with Crippen molar-refractivity contribution < 1.29 is 4.79 Å². The van der Waals surface area contributed by atoms with Crippen LogP contribution in [0.25, 0.3) is 0 Å². The highest BCUT2D eigenvalue weighted by Crippen LogP contribution is 2.21. The summed E-state index contributed by atoms with van der Waals surface area (Å²) in [7, 11) is 0. The molecule has 3 nitrogen and oxygen atoms in total. The first-order chi connectivity index (χ1) is 10.3. The largest absolute Gasteiger partial charge is 0.352 e. The maximum atomic E-state index is 12.2. The molecule has 1 amide bonds. The normalized spacial score (nSPS) is 23.3. The molecule has 0 bridgehead atoms. The van der Waals surface area contributed by atoms with Crippen molar-refractivity contribution in [2.45, 2.75) is 53.6 Å². The number of amides is 1. The summed E-state index contributed by atoms with van der Waals surface area (Å²) in [5.74, 6) is 0.769. The molecular weight excluding hydrogens is 272 g/mol. The third-order valence-electron chi connectivity index (χ3n) is 4.41. The second-order valence-electron chi connectivity index (χ2n) is 7.88. The summed E-state index contributed by atoms with van der Waals surface area (Å²) in [6.07, 6.45) is 1.08. The SMILES string of the molecule is Cc1ccccc1CN1CC(C)CC(NC(=O)C(C)(C)C)C1. The van der Waals surface area contributed by atoms with Gasteiger partial charge in [0.15, 0.2) is 0 Å². The number of aryl methyl sites for hydroxylation is 1. The molecule has 0 spiro atoms. The molecule has 3 heteroatoms. The van der Waals surface area contributed by atoms with Crippen molar-refractivity contribution in [3.05, 3.63) is 35.4 Å². The molecule has 0 aromatic heterocycles. The van der Waals surface area contributed by atoms with Crippen LogP contribution in [0, 0.1) is 18.3 Å². The highest BCUT2D eigenvalue weighted by molar-refractivity contribution is 5.81. The van der Waals surface area contributed by atoms with Crippen molar-refractivity contribution in [3.8, 4) is 0 Å². The smallest absolute Gasteiger partial charge is 0.225 e. The molecule has 1 heterocycles. The number of hydrogen-bond donors (Lipinski definition) is 1. The van der Waals surface area contributed by atoms with E-state index >= 15 is 0 Å². The number of piperidine rings is 1. The number of rotatable bonds is 3. The van der Waals surface area contributed by atoms with Crippen LogP contribution in [0.3, 0.4) is 0 Å². The van der Waals surface area contributed by atoms with E-state index < -0.39 is 0 Å². The highest BCUT2D eigenvalue weighted by Gasteiger charge is 2.29. The van der Waals surface area contributed by atoms with E-state index in [1.807, 2.05) is 20.8 Å². The van der Waals surface area contributed by atoms with Gasteiger partial charge >= 0.3 is 0 Å². The van der Waals surface area contributed by atoms with E-state index in [2.05, 4.69) is 48.3 Å². The minimum Gasteiger partial charge on any atom is -0.352 e. The fraction of sp³-hybridized carbons (Fsp3) is 0.632. The molecule has 0 saturated carbocycles. The molecule has 1 saturated heterocycles. The summed E-state index contributed by atoms with van der Waals surface area (Å²) in [6, 6.07) is 8.83. The molecule has 0 aliphatic carbocycles. The molecule has 2 unspecified atom stereocenters. The van der Waals surface area contributed by atoms with Gasteiger partial charge < -0.3 is 5.32 Å². The van der Waals surface area contributed by atoms with E-state index in [1.165, 1.54) is 11.1 Å². The van der Waals surface area contributed by atoms with Gasteiger partial charge in [0.2, 0.25) is 5.91 Å². The average Bonchev–Trinajstić information content (AvgIpc) is 2.39. The Kier molecular flexibility index (Phi) is 5.28. The minimum absolute atomic E-state index is 0.155. The Balaban J connectivity index is 1.99. The van der Waals surface area contributed by atoms with Crippen molar-refractivity contribution in [3.63, 3.8) is 0 Å². The molecule has 1 aromatic carbocycles. The molecule has 22 heavy (non-hydrogen) atoms. The molecule has 2 rings (SSSR count). The first kappa shape index (κ1) is 17.0. The number of likely N-dealkylation sites (tertiary alicyclic amines) is 1. The first-order valence-electron chi connectivity index (χ1n) is 8.33. The predicted molar refractivity (Wildman–Crippen MR) is 91.6 cm³/mol. The van der Waals surface area contributed by atoms with Crippen LogP contribution >= 0.6 is 0 Å². The Bertz CT molecular complexity index is 518. The third kappa shape index (κ3) is 4.57. The third-order valence-corrected chi connectivity index (χ3v) is 4.41. The highest BCUT2D eigenvalue weighted by atomic mass is 16.2. The fourth-order valence-electron chi connectivity index (χ4n) is 3.13. The topological polar surface area (TPSA) is 32.3 Å². The molecule has 1 aromatic rings. The van der Waals surface area contributed by atoms with E-state index in [1.54, 1.807) is 0 Å². The van der Waals surface area contributed by atoms with Gasteiger partial charge in [0.05, 0.1) is 0 Å². The molecule has 1 aliphatic heterocycles. The zero-order valence-electron chi connectivity index (χ0n) is 14.6. The zero-order chi connectivity index (χ0) is 16.3. The van der Waals surface area contributed by atoms with E-state index in [4.69, 9.17) is 0 Å². The van der Waals surface area contributed by atoms with Gasteiger partial charge in [-0.05, 0) is 30.4 Å². The van der Waals surface area contributed by atoms with Crippen LogP contribution in [0.1, 0.15) is 45.2 Å². The minimum atomic E-state index is -0.318. The molecule has 0 radical (unpaired) electrons. The molecule has 2 atom stereocenters. The maximum Gasteiger partial charge on any atom is 0.225 e. The van der Waals surface area contributed by atoms with Gasteiger partial charge in [0.1, 0.15) is 0 Å². The lowest BCUT2D eigenvalue weighted by molar-refractivity contribution is -0.129. The molecular formula is C19H30N2O. The Hall–Kier alpha value is -1.35. The summed E-state index contributed by atoms with van der Waals surface area (Å²) >= 11 is 0. The van der Waals surface area contributed by atoms with E-state index in [-0.39, 0.29) is 17.4 Å². The molecule has 1 fully saturated rings. The molecule has 1 N–H and O–H groups in total. The first-order valence-corrected chi connectivity index (χ1v) is 8.33. The van der Waals surface area contributed by atoms with Crippen LogP contribution in [-0.2, 0) is 11.3 Å². The number of hydrogen-bond acceptors (Lipinski definition) is 2. The van der Waals surface area contributed by atoms with E-state index in [0.29, 0.717) is 5.92 Å². The van der Waals surface area contributed by atoms with Gasteiger partial charge in [-0.3, -0.25) is 9.69 Å². The number of benzene rings is 1. The Labute approximate surface area is 135 Å². The molecule has 122 valence electrons. The van der Waals surface area contributed by atoms with Gasteiger partial charge in [-0.15, -0.1) is 0 Å². The number of nitrogens with one attached hydrogen (secondary N) is 1. The lowest BCUT2D eigenvalue weighted by atomic mass is 9.91. The summed E-state index contributed by atoms with van der Waals surface area (Å²) < 4.78 is 0. The zero-order valence-corrected chi connectivity index (χ0v) is 14.6. The van der Waals surface area contributed by atoms with Gasteiger partial charge in [0.25, 0.3) is 0 Å². The van der Waals surface area contributed by atoms with E-state index in [9.17, 15) is 4.79 Å². The Morgan fingerprint density at radius 1 is 1.27 bits per heavy atom. The number of carbonyl (C=O) groups is 1. The van der Waals surface area contributed by atoms with Crippen molar-refractivity contribution in [1.29, 1.82) is 0 Å². The fourth-order valence-corrected chi connectivity index (χ4v) is 3.13. The van der Waals surface area contributed by atoms with Crippen molar-refractivity contribution in [1.82, 2.24) is 10.2 Å². The Morgan fingerprint density at radius 3 is 2.59 bits per heavy atom. The van der Waals surface area contributed by atoms with Crippen molar-refractivity contribution >= 4 is 5.91 Å². The monoisotopic (exact) mass is 302 g/mol. The van der Waals surface area contributed by atoms with Gasteiger partial charge in [0, 0.05) is 31.1 Å². The number of nitrogens with zero attached hydrogens (tertiary/aromatic N) is 1. The summed E-state index contributed by atoms with van der Waals surface area (Å²) in [6.45, 7) is 13.4. The second kappa shape index (κ2) is 6.82. The summed E-state index contributed by atoms with van der Waals surface area (Å²) in [4.78, 5) is 14.7.